The van der Waals surface area contributed by atoms with E-state index in [1.165, 1.54) is 0 Å². The monoisotopic (exact) mass is 255 g/mol. The molecule has 0 saturated heterocycles. The summed E-state index contributed by atoms with van der Waals surface area (Å²) in [7, 11) is 0. The third-order valence-corrected chi connectivity index (χ3v) is 2.34. The zero-order chi connectivity index (χ0) is 9.97. The summed E-state index contributed by atoms with van der Waals surface area (Å²) < 4.78 is 6.38. The topological polar surface area (TPSA) is 63.9 Å². The van der Waals surface area contributed by atoms with E-state index in [0.717, 1.165) is 15.4 Å². The fraction of sp³-hybridized carbons (Fsp3) is 0.222. The summed E-state index contributed by atoms with van der Waals surface area (Å²) in [6, 6.07) is 5.86. The highest BCUT2D eigenvalue weighted by Crippen LogP contribution is 2.25. The van der Waals surface area contributed by atoms with Crippen molar-refractivity contribution in [1.82, 2.24) is 10.2 Å². The first-order valence-electron chi connectivity index (χ1n) is 4.28. The summed E-state index contributed by atoms with van der Waals surface area (Å²) in [6.07, 6.45) is 0. The zero-order valence-electron chi connectivity index (χ0n) is 7.46. The number of halogens is 1. The Bertz CT molecular complexity index is 441. The number of hydrogen-bond acceptors (Lipinski definition) is 3. The minimum atomic E-state index is 0.482. The van der Waals surface area contributed by atoms with E-state index in [9.17, 15) is 0 Å². The van der Waals surface area contributed by atoms with Crippen LogP contribution in [0.5, 0.6) is 5.88 Å². The summed E-state index contributed by atoms with van der Waals surface area (Å²) in [6.45, 7) is 0.973. The van der Waals surface area contributed by atoms with Crippen molar-refractivity contribution in [3.8, 4) is 5.88 Å². The molecule has 0 aliphatic carbocycles. The van der Waals surface area contributed by atoms with Gasteiger partial charge in [-0.3, -0.25) is 5.10 Å². The van der Waals surface area contributed by atoms with E-state index < -0.39 is 0 Å². The Morgan fingerprint density at radius 1 is 1.50 bits per heavy atom. The average Bonchev–Trinajstić information content (AvgIpc) is 2.57. The first kappa shape index (κ1) is 9.48. The summed E-state index contributed by atoms with van der Waals surface area (Å²) in [5.74, 6) is 0.609. The number of hydrogen-bond donors (Lipinski definition) is 2. The first-order valence-corrected chi connectivity index (χ1v) is 5.07. The van der Waals surface area contributed by atoms with Gasteiger partial charge in [-0.05, 0) is 18.2 Å². The maximum Gasteiger partial charge on any atom is 0.240 e. The fourth-order valence-electron chi connectivity index (χ4n) is 1.23. The molecule has 0 atom stereocenters. The van der Waals surface area contributed by atoms with E-state index in [1.807, 2.05) is 18.2 Å². The van der Waals surface area contributed by atoms with E-state index in [1.54, 1.807) is 0 Å². The standard InChI is InChI=1S/C9H10BrN3O/c10-6-1-2-7-8(5-6)12-13-9(7)14-4-3-11/h1-2,5H,3-4,11H2,(H,12,13). The molecule has 1 aromatic heterocycles. The van der Waals surface area contributed by atoms with Gasteiger partial charge in [-0.1, -0.05) is 15.9 Å². The van der Waals surface area contributed by atoms with Crippen molar-refractivity contribution in [2.75, 3.05) is 13.2 Å². The second-order valence-electron chi connectivity index (χ2n) is 2.86. The fourth-order valence-corrected chi connectivity index (χ4v) is 1.59. The lowest BCUT2D eigenvalue weighted by molar-refractivity contribution is 0.318. The highest BCUT2D eigenvalue weighted by molar-refractivity contribution is 9.10. The van der Waals surface area contributed by atoms with Gasteiger partial charge in [0.1, 0.15) is 6.61 Å². The number of nitrogens with zero attached hydrogens (tertiary/aromatic N) is 1. The predicted octanol–water partition coefficient (Wildman–Crippen LogP) is 1.66. The molecule has 0 radical (unpaired) electrons. The molecule has 0 spiro atoms. The van der Waals surface area contributed by atoms with Crippen LogP contribution in [0.2, 0.25) is 0 Å². The molecular formula is C9H10BrN3O. The second kappa shape index (κ2) is 3.98. The Balaban J connectivity index is 2.37. The van der Waals surface area contributed by atoms with E-state index in [2.05, 4.69) is 26.1 Å². The summed E-state index contributed by atoms with van der Waals surface area (Å²) in [5.41, 5.74) is 6.29. The van der Waals surface area contributed by atoms with Crippen LogP contribution in [0.15, 0.2) is 22.7 Å². The molecule has 0 saturated carbocycles. The number of H-pyrrole nitrogens is 1. The second-order valence-corrected chi connectivity index (χ2v) is 3.77. The molecule has 5 heteroatoms. The zero-order valence-corrected chi connectivity index (χ0v) is 9.04. The molecule has 4 nitrogen and oxygen atoms in total. The number of aromatic amines is 1. The molecule has 0 bridgehead atoms. The lowest BCUT2D eigenvalue weighted by Gasteiger charge is -1.99. The van der Waals surface area contributed by atoms with Crippen LogP contribution in [0.3, 0.4) is 0 Å². The summed E-state index contributed by atoms with van der Waals surface area (Å²) in [4.78, 5) is 0. The van der Waals surface area contributed by atoms with Gasteiger partial charge >= 0.3 is 0 Å². The SMILES string of the molecule is NCCOc1n[nH]c2cc(Br)ccc12. The van der Waals surface area contributed by atoms with Crippen molar-refractivity contribution in [3.05, 3.63) is 22.7 Å². The molecule has 2 aromatic rings. The molecule has 74 valence electrons. The van der Waals surface area contributed by atoms with Crippen LogP contribution in [-0.2, 0) is 0 Å². The molecule has 3 N–H and O–H groups in total. The normalized spacial score (nSPS) is 10.7. The minimum absolute atomic E-state index is 0.482. The van der Waals surface area contributed by atoms with Crippen LogP contribution in [-0.4, -0.2) is 23.3 Å². The molecule has 0 amide bonds. The maximum atomic E-state index is 5.37. The molecule has 0 aliphatic rings. The van der Waals surface area contributed by atoms with Crippen LogP contribution in [0.25, 0.3) is 10.9 Å². The van der Waals surface area contributed by atoms with Gasteiger partial charge in [0.2, 0.25) is 5.88 Å². The highest BCUT2D eigenvalue weighted by atomic mass is 79.9. The Hall–Kier alpha value is -1.07. The Morgan fingerprint density at radius 3 is 3.14 bits per heavy atom. The number of nitrogens with two attached hydrogens (primary N) is 1. The number of aromatic nitrogens is 2. The quantitative estimate of drug-likeness (QED) is 0.877. The predicted molar refractivity (Wildman–Crippen MR) is 58.3 cm³/mol. The summed E-state index contributed by atoms with van der Waals surface area (Å²) >= 11 is 3.39. The Kier molecular flexibility index (Phi) is 2.69. The van der Waals surface area contributed by atoms with Crippen molar-refractivity contribution >= 4 is 26.8 Å². The largest absolute Gasteiger partial charge is 0.475 e. The van der Waals surface area contributed by atoms with E-state index in [-0.39, 0.29) is 0 Å². The molecule has 14 heavy (non-hydrogen) atoms. The average molecular weight is 256 g/mol. The summed E-state index contributed by atoms with van der Waals surface area (Å²) in [5, 5.41) is 7.92. The van der Waals surface area contributed by atoms with Gasteiger partial charge in [-0.2, -0.15) is 0 Å². The minimum Gasteiger partial charge on any atom is -0.475 e. The highest BCUT2D eigenvalue weighted by Gasteiger charge is 2.05. The van der Waals surface area contributed by atoms with E-state index in [4.69, 9.17) is 10.5 Å². The number of nitrogens with one attached hydrogen (secondary N) is 1. The van der Waals surface area contributed by atoms with Crippen molar-refractivity contribution in [1.29, 1.82) is 0 Å². The maximum absolute atomic E-state index is 5.37. The third kappa shape index (κ3) is 1.73. The van der Waals surface area contributed by atoms with Crippen molar-refractivity contribution in [3.63, 3.8) is 0 Å². The third-order valence-electron chi connectivity index (χ3n) is 1.85. The first-order chi connectivity index (χ1) is 6.81. The van der Waals surface area contributed by atoms with Gasteiger partial charge in [-0.15, -0.1) is 5.10 Å². The van der Waals surface area contributed by atoms with Crippen LogP contribution in [0.4, 0.5) is 0 Å². The van der Waals surface area contributed by atoms with Crippen molar-refractivity contribution in [2.24, 2.45) is 5.73 Å². The molecule has 1 heterocycles. The van der Waals surface area contributed by atoms with Gasteiger partial charge in [0.05, 0.1) is 10.9 Å². The van der Waals surface area contributed by atoms with E-state index >= 15 is 0 Å². The lowest BCUT2D eigenvalue weighted by Crippen LogP contribution is -2.10. The van der Waals surface area contributed by atoms with E-state index in [0.29, 0.717) is 19.0 Å². The Morgan fingerprint density at radius 2 is 2.36 bits per heavy atom. The van der Waals surface area contributed by atoms with Gasteiger partial charge < -0.3 is 10.5 Å². The van der Waals surface area contributed by atoms with Crippen molar-refractivity contribution < 1.29 is 4.74 Å². The number of rotatable bonds is 3. The smallest absolute Gasteiger partial charge is 0.240 e. The number of fused-ring (bicyclic) bond motifs is 1. The molecule has 0 unspecified atom stereocenters. The van der Waals surface area contributed by atoms with Crippen LogP contribution >= 0.6 is 15.9 Å². The molecule has 2 rings (SSSR count). The van der Waals surface area contributed by atoms with Crippen LogP contribution < -0.4 is 10.5 Å². The molecular weight excluding hydrogens is 246 g/mol. The van der Waals surface area contributed by atoms with Gasteiger partial charge in [0.25, 0.3) is 0 Å². The number of ether oxygens (including phenoxy) is 1. The van der Waals surface area contributed by atoms with Crippen molar-refractivity contribution in [2.45, 2.75) is 0 Å². The van der Waals surface area contributed by atoms with Crippen LogP contribution in [0, 0.1) is 0 Å². The lowest BCUT2D eigenvalue weighted by atomic mass is 10.2. The molecule has 0 aliphatic heterocycles. The molecule has 1 aromatic carbocycles. The van der Waals surface area contributed by atoms with Gasteiger partial charge in [-0.25, -0.2) is 0 Å². The van der Waals surface area contributed by atoms with Gasteiger partial charge in [0, 0.05) is 11.0 Å². The van der Waals surface area contributed by atoms with Gasteiger partial charge in [0.15, 0.2) is 0 Å². The number of benzene rings is 1. The Labute approximate surface area is 89.6 Å². The van der Waals surface area contributed by atoms with Crippen LogP contribution in [0.1, 0.15) is 0 Å². The molecule has 0 fully saturated rings.